The van der Waals surface area contributed by atoms with Crippen LogP contribution in [0.2, 0.25) is 0 Å². The third-order valence-electron chi connectivity index (χ3n) is 3.47. The number of rotatable bonds is 8. The summed E-state index contributed by atoms with van der Waals surface area (Å²) < 4.78 is 2.25. The second-order valence-corrected chi connectivity index (χ2v) is 6.00. The average Bonchev–Trinajstić information content (AvgIpc) is 2.87. The number of thioether (sulfide) groups is 1. The van der Waals surface area contributed by atoms with Crippen molar-refractivity contribution in [3.8, 4) is 0 Å². The maximum absolute atomic E-state index is 11.4. The minimum atomic E-state index is 0.0320. The number of imidazole rings is 1. The fourth-order valence-corrected chi connectivity index (χ4v) is 3.19. The highest BCUT2D eigenvalue weighted by Crippen LogP contribution is 2.24. The van der Waals surface area contributed by atoms with E-state index in [9.17, 15) is 4.79 Å². The van der Waals surface area contributed by atoms with E-state index in [2.05, 4.69) is 27.9 Å². The number of hydrogen-bond donors (Lipinski definition) is 1. The van der Waals surface area contributed by atoms with E-state index in [0.29, 0.717) is 5.75 Å². The largest absolute Gasteiger partial charge is 0.358 e. The zero-order valence-corrected chi connectivity index (χ0v) is 13.6. The van der Waals surface area contributed by atoms with Crippen molar-refractivity contribution >= 4 is 28.7 Å². The molecule has 0 saturated heterocycles. The highest BCUT2D eigenvalue weighted by molar-refractivity contribution is 7.99. The Morgan fingerprint density at radius 2 is 2.10 bits per heavy atom. The third-order valence-corrected chi connectivity index (χ3v) is 4.44. The highest BCUT2D eigenvalue weighted by atomic mass is 32.2. The van der Waals surface area contributed by atoms with Crippen LogP contribution in [-0.4, -0.2) is 28.3 Å². The minimum Gasteiger partial charge on any atom is -0.358 e. The van der Waals surface area contributed by atoms with Crippen LogP contribution in [0.3, 0.4) is 0 Å². The number of hydrogen-bond acceptors (Lipinski definition) is 3. The van der Waals surface area contributed by atoms with Crippen molar-refractivity contribution in [1.29, 1.82) is 0 Å². The molecule has 0 spiro atoms. The van der Waals surface area contributed by atoms with Gasteiger partial charge in [-0.2, -0.15) is 0 Å². The van der Waals surface area contributed by atoms with Crippen molar-refractivity contribution in [2.45, 2.75) is 44.3 Å². The van der Waals surface area contributed by atoms with Gasteiger partial charge < -0.3 is 9.88 Å². The number of nitrogens with one attached hydrogen (secondary N) is 1. The summed E-state index contributed by atoms with van der Waals surface area (Å²) in [5.74, 6) is 0.444. The first-order chi connectivity index (χ1) is 10.3. The van der Waals surface area contributed by atoms with Gasteiger partial charge >= 0.3 is 0 Å². The molecule has 114 valence electrons. The van der Waals surface area contributed by atoms with Crippen molar-refractivity contribution in [2.75, 3.05) is 12.8 Å². The fourth-order valence-electron chi connectivity index (χ4n) is 2.28. The predicted octanol–water partition coefficient (Wildman–Crippen LogP) is 3.45. The van der Waals surface area contributed by atoms with Crippen molar-refractivity contribution in [1.82, 2.24) is 14.9 Å². The second kappa shape index (κ2) is 8.08. The number of para-hydroxylation sites is 2. The van der Waals surface area contributed by atoms with Gasteiger partial charge in [0.2, 0.25) is 5.91 Å². The Hall–Kier alpha value is -1.49. The quantitative estimate of drug-likeness (QED) is 0.600. The summed E-state index contributed by atoms with van der Waals surface area (Å²) >= 11 is 1.51. The van der Waals surface area contributed by atoms with Gasteiger partial charge in [0.15, 0.2) is 5.16 Å². The number of amides is 1. The zero-order chi connectivity index (χ0) is 15.1. The molecule has 1 heterocycles. The molecule has 21 heavy (non-hydrogen) atoms. The van der Waals surface area contributed by atoms with E-state index in [-0.39, 0.29) is 5.91 Å². The topological polar surface area (TPSA) is 46.9 Å². The van der Waals surface area contributed by atoms with Crippen LogP contribution in [0.5, 0.6) is 0 Å². The summed E-state index contributed by atoms with van der Waals surface area (Å²) in [6.07, 6.45) is 4.90. The summed E-state index contributed by atoms with van der Waals surface area (Å²) in [6.45, 7) is 3.19. The molecule has 4 nitrogen and oxygen atoms in total. The Bertz CT molecular complexity index is 594. The van der Waals surface area contributed by atoms with Crippen molar-refractivity contribution in [3.63, 3.8) is 0 Å². The molecule has 0 aliphatic rings. The van der Waals surface area contributed by atoms with E-state index in [1.165, 1.54) is 31.0 Å². The van der Waals surface area contributed by atoms with Crippen molar-refractivity contribution in [3.05, 3.63) is 24.3 Å². The Balaban J connectivity index is 2.15. The number of carbonyl (C=O) groups is 1. The molecule has 1 aromatic carbocycles. The molecule has 0 saturated carbocycles. The SMILES string of the molecule is CCCCCCn1c(SCC(=O)NC)nc2ccccc21. The van der Waals surface area contributed by atoms with E-state index < -0.39 is 0 Å². The van der Waals surface area contributed by atoms with Gasteiger partial charge in [0, 0.05) is 13.6 Å². The summed E-state index contributed by atoms with van der Waals surface area (Å²) in [6, 6.07) is 8.18. The molecule has 0 aliphatic heterocycles. The van der Waals surface area contributed by atoms with E-state index in [1.54, 1.807) is 7.05 Å². The molecule has 0 radical (unpaired) electrons. The molecule has 2 rings (SSSR count). The highest BCUT2D eigenvalue weighted by Gasteiger charge is 2.12. The monoisotopic (exact) mass is 305 g/mol. The number of aryl methyl sites for hydroxylation is 1. The molecule has 0 fully saturated rings. The van der Waals surface area contributed by atoms with Gasteiger partial charge in [0.25, 0.3) is 0 Å². The molecular formula is C16H23N3OS. The number of unbranched alkanes of at least 4 members (excludes halogenated alkanes) is 3. The molecule has 1 amide bonds. The maximum atomic E-state index is 11.4. The summed E-state index contributed by atoms with van der Waals surface area (Å²) in [5.41, 5.74) is 2.17. The van der Waals surface area contributed by atoms with Gasteiger partial charge in [-0.25, -0.2) is 4.98 Å². The first-order valence-electron chi connectivity index (χ1n) is 7.55. The van der Waals surface area contributed by atoms with Crippen LogP contribution in [0.15, 0.2) is 29.4 Å². The molecule has 2 aromatic rings. The van der Waals surface area contributed by atoms with Crippen LogP contribution >= 0.6 is 11.8 Å². The summed E-state index contributed by atoms with van der Waals surface area (Å²) in [5, 5.41) is 3.59. The van der Waals surface area contributed by atoms with Gasteiger partial charge in [0.1, 0.15) is 0 Å². The van der Waals surface area contributed by atoms with Crippen LogP contribution < -0.4 is 5.32 Å². The summed E-state index contributed by atoms with van der Waals surface area (Å²) in [4.78, 5) is 16.1. The van der Waals surface area contributed by atoms with Gasteiger partial charge in [-0.3, -0.25) is 4.79 Å². The molecular weight excluding hydrogens is 282 g/mol. The molecule has 5 heteroatoms. The molecule has 1 N–H and O–H groups in total. The number of fused-ring (bicyclic) bond motifs is 1. The molecule has 0 atom stereocenters. The molecule has 0 aliphatic carbocycles. The van der Waals surface area contributed by atoms with Gasteiger partial charge in [-0.05, 0) is 18.6 Å². The molecule has 0 unspecified atom stereocenters. The van der Waals surface area contributed by atoms with Gasteiger partial charge in [0.05, 0.1) is 16.8 Å². The van der Waals surface area contributed by atoms with Crippen molar-refractivity contribution < 1.29 is 4.79 Å². The fraction of sp³-hybridized carbons (Fsp3) is 0.500. The van der Waals surface area contributed by atoms with Gasteiger partial charge in [-0.1, -0.05) is 50.1 Å². The van der Waals surface area contributed by atoms with Crippen LogP contribution in [-0.2, 0) is 11.3 Å². The normalized spacial score (nSPS) is 11.0. The minimum absolute atomic E-state index is 0.0320. The smallest absolute Gasteiger partial charge is 0.230 e. The third kappa shape index (κ3) is 4.24. The lowest BCUT2D eigenvalue weighted by molar-refractivity contribution is -0.118. The Morgan fingerprint density at radius 1 is 1.29 bits per heavy atom. The van der Waals surface area contributed by atoms with Crippen LogP contribution in [0.4, 0.5) is 0 Å². The Morgan fingerprint density at radius 3 is 2.86 bits per heavy atom. The Labute approximate surface area is 130 Å². The van der Waals surface area contributed by atoms with Crippen LogP contribution in [0.1, 0.15) is 32.6 Å². The lowest BCUT2D eigenvalue weighted by Crippen LogP contribution is -2.20. The number of nitrogens with zero attached hydrogens (tertiary/aromatic N) is 2. The van der Waals surface area contributed by atoms with Crippen molar-refractivity contribution in [2.24, 2.45) is 0 Å². The lowest BCUT2D eigenvalue weighted by atomic mass is 10.2. The average molecular weight is 305 g/mol. The number of aromatic nitrogens is 2. The van der Waals surface area contributed by atoms with E-state index in [4.69, 9.17) is 0 Å². The predicted molar refractivity (Wildman–Crippen MR) is 88.7 cm³/mol. The Kier molecular flexibility index (Phi) is 6.11. The molecule has 1 aromatic heterocycles. The standard InChI is InChI=1S/C16H23N3OS/c1-3-4-5-8-11-19-14-10-7-6-9-13(14)18-16(19)21-12-15(20)17-2/h6-7,9-10H,3-5,8,11-12H2,1-2H3,(H,17,20). The number of benzene rings is 1. The van der Waals surface area contributed by atoms with E-state index in [0.717, 1.165) is 29.2 Å². The first kappa shape index (κ1) is 15.9. The number of carbonyl (C=O) groups excluding carboxylic acids is 1. The second-order valence-electron chi connectivity index (χ2n) is 5.06. The van der Waals surface area contributed by atoms with Crippen LogP contribution in [0, 0.1) is 0 Å². The maximum Gasteiger partial charge on any atom is 0.230 e. The van der Waals surface area contributed by atoms with E-state index in [1.807, 2.05) is 18.2 Å². The molecule has 0 bridgehead atoms. The van der Waals surface area contributed by atoms with E-state index >= 15 is 0 Å². The van der Waals surface area contributed by atoms with Crippen LogP contribution in [0.25, 0.3) is 11.0 Å². The van der Waals surface area contributed by atoms with Gasteiger partial charge in [-0.15, -0.1) is 0 Å². The lowest BCUT2D eigenvalue weighted by Gasteiger charge is -2.08. The zero-order valence-electron chi connectivity index (χ0n) is 12.8. The first-order valence-corrected chi connectivity index (χ1v) is 8.53. The summed E-state index contributed by atoms with van der Waals surface area (Å²) in [7, 11) is 1.66.